The van der Waals surface area contributed by atoms with Gasteiger partial charge in [0.1, 0.15) is 12.4 Å². The molecular formula is C11H12BrFN2O3. The van der Waals surface area contributed by atoms with E-state index >= 15 is 0 Å². The Morgan fingerprint density at radius 1 is 1.50 bits per heavy atom. The average molecular weight is 319 g/mol. The number of amides is 1. The number of benzene rings is 1. The highest BCUT2D eigenvalue weighted by Crippen LogP contribution is 2.23. The van der Waals surface area contributed by atoms with Crippen LogP contribution in [0.4, 0.5) is 10.1 Å². The number of hydrogen-bond acceptors (Lipinski definition) is 4. The fraction of sp³-hybridized carbons (Fsp3) is 0.273. The number of carbonyl (C=O) groups is 2. The quantitative estimate of drug-likeness (QED) is 0.648. The number of ether oxygens (including phenoxy) is 1. The molecule has 0 bridgehead atoms. The Morgan fingerprint density at radius 3 is 2.67 bits per heavy atom. The van der Waals surface area contributed by atoms with Gasteiger partial charge in [-0.05, 0) is 28.1 Å². The Balaban J connectivity index is 2.79. The fourth-order valence-corrected chi connectivity index (χ4v) is 1.56. The van der Waals surface area contributed by atoms with E-state index in [9.17, 15) is 14.0 Å². The van der Waals surface area contributed by atoms with Crippen LogP contribution >= 0.6 is 15.9 Å². The molecule has 98 valence electrons. The Kier molecular flexibility index (Phi) is 4.66. The summed E-state index contributed by atoms with van der Waals surface area (Å²) in [6, 6.07) is 2.24. The van der Waals surface area contributed by atoms with Crippen molar-refractivity contribution in [2.24, 2.45) is 11.7 Å². The molecule has 4 N–H and O–H groups in total. The normalized spacial score (nSPS) is 11.9. The van der Waals surface area contributed by atoms with Gasteiger partial charge in [-0.1, -0.05) is 6.92 Å². The van der Waals surface area contributed by atoms with Crippen molar-refractivity contribution in [3.8, 4) is 0 Å². The van der Waals surface area contributed by atoms with Crippen LogP contribution < -0.4 is 11.5 Å². The van der Waals surface area contributed by atoms with Crippen LogP contribution in [0.1, 0.15) is 17.3 Å². The number of nitrogen functional groups attached to an aromatic ring is 1. The van der Waals surface area contributed by atoms with Crippen molar-refractivity contribution in [2.45, 2.75) is 6.92 Å². The minimum Gasteiger partial charge on any atom is -0.461 e. The summed E-state index contributed by atoms with van der Waals surface area (Å²) in [6.07, 6.45) is 0. The number of anilines is 1. The zero-order valence-corrected chi connectivity index (χ0v) is 11.2. The number of esters is 1. The summed E-state index contributed by atoms with van der Waals surface area (Å²) in [4.78, 5) is 22.4. The number of carbonyl (C=O) groups excluding carboxylic acids is 2. The number of halogens is 2. The average Bonchev–Trinajstić information content (AvgIpc) is 2.30. The molecule has 7 heteroatoms. The maximum atomic E-state index is 13.1. The highest BCUT2D eigenvalue weighted by Gasteiger charge is 2.17. The van der Waals surface area contributed by atoms with Crippen LogP contribution in [-0.4, -0.2) is 18.5 Å². The van der Waals surface area contributed by atoms with Gasteiger partial charge in [0.2, 0.25) is 5.91 Å². The van der Waals surface area contributed by atoms with Crippen LogP contribution in [0.25, 0.3) is 0 Å². The number of rotatable bonds is 4. The van der Waals surface area contributed by atoms with E-state index < -0.39 is 23.6 Å². The Morgan fingerprint density at radius 2 is 2.11 bits per heavy atom. The highest BCUT2D eigenvalue weighted by molar-refractivity contribution is 9.10. The first-order valence-corrected chi connectivity index (χ1v) is 5.83. The second-order valence-corrected chi connectivity index (χ2v) is 4.61. The second-order valence-electron chi connectivity index (χ2n) is 3.76. The Labute approximate surface area is 111 Å². The van der Waals surface area contributed by atoms with Crippen LogP contribution in [0.2, 0.25) is 0 Å². The van der Waals surface area contributed by atoms with Crippen molar-refractivity contribution in [2.75, 3.05) is 12.3 Å². The molecule has 0 aliphatic rings. The molecular weight excluding hydrogens is 307 g/mol. The second kappa shape index (κ2) is 5.81. The van der Waals surface area contributed by atoms with E-state index in [1.54, 1.807) is 0 Å². The van der Waals surface area contributed by atoms with Crippen molar-refractivity contribution in [3.05, 3.63) is 28.0 Å². The van der Waals surface area contributed by atoms with Crippen LogP contribution in [0, 0.1) is 11.7 Å². The van der Waals surface area contributed by atoms with Gasteiger partial charge in [-0.3, -0.25) is 4.79 Å². The molecule has 0 fully saturated rings. The number of nitrogens with two attached hydrogens (primary N) is 2. The summed E-state index contributed by atoms with van der Waals surface area (Å²) in [5.74, 6) is -2.50. The molecule has 1 atom stereocenters. The molecule has 0 heterocycles. The predicted octanol–water partition coefficient (Wildman–Crippen LogP) is 1.45. The lowest BCUT2D eigenvalue weighted by molar-refractivity contribution is -0.122. The van der Waals surface area contributed by atoms with Gasteiger partial charge in [0.25, 0.3) is 0 Å². The van der Waals surface area contributed by atoms with Crippen molar-refractivity contribution in [3.63, 3.8) is 0 Å². The molecule has 0 saturated carbocycles. The largest absolute Gasteiger partial charge is 0.461 e. The first-order chi connectivity index (χ1) is 8.32. The Hall–Kier alpha value is -1.63. The molecule has 1 unspecified atom stereocenters. The summed E-state index contributed by atoms with van der Waals surface area (Å²) in [5.41, 5.74) is 10.3. The van der Waals surface area contributed by atoms with Gasteiger partial charge in [-0.2, -0.15) is 0 Å². The zero-order valence-electron chi connectivity index (χ0n) is 9.57. The van der Waals surface area contributed by atoms with Crippen LogP contribution in [-0.2, 0) is 9.53 Å². The predicted molar refractivity (Wildman–Crippen MR) is 67.2 cm³/mol. The zero-order chi connectivity index (χ0) is 13.9. The van der Waals surface area contributed by atoms with Gasteiger partial charge in [0.15, 0.2) is 0 Å². The molecule has 1 aromatic rings. The lowest BCUT2D eigenvalue weighted by Gasteiger charge is -2.10. The molecule has 1 amide bonds. The number of primary amides is 1. The van der Waals surface area contributed by atoms with E-state index in [1.807, 2.05) is 0 Å². The maximum Gasteiger partial charge on any atom is 0.339 e. The molecule has 0 radical (unpaired) electrons. The van der Waals surface area contributed by atoms with Crippen molar-refractivity contribution in [1.29, 1.82) is 0 Å². The molecule has 0 spiro atoms. The van der Waals surface area contributed by atoms with Gasteiger partial charge in [0, 0.05) is 4.47 Å². The van der Waals surface area contributed by atoms with Gasteiger partial charge >= 0.3 is 5.97 Å². The smallest absolute Gasteiger partial charge is 0.339 e. The first-order valence-electron chi connectivity index (χ1n) is 5.04. The minimum atomic E-state index is -0.707. The van der Waals surface area contributed by atoms with Crippen LogP contribution in [0.3, 0.4) is 0 Å². The van der Waals surface area contributed by atoms with Gasteiger partial charge < -0.3 is 16.2 Å². The maximum absolute atomic E-state index is 13.1. The summed E-state index contributed by atoms with van der Waals surface area (Å²) in [5, 5.41) is 0. The van der Waals surface area contributed by atoms with E-state index in [1.165, 1.54) is 6.92 Å². The monoisotopic (exact) mass is 318 g/mol. The van der Waals surface area contributed by atoms with E-state index in [4.69, 9.17) is 16.2 Å². The summed E-state index contributed by atoms with van der Waals surface area (Å²) in [7, 11) is 0. The van der Waals surface area contributed by atoms with Crippen molar-refractivity contribution in [1.82, 2.24) is 0 Å². The molecule has 18 heavy (non-hydrogen) atoms. The van der Waals surface area contributed by atoms with Crippen molar-refractivity contribution < 1.29 is 18.7 Å². The van der Waals surface area contributed by atoms with Gasteiger partial charge in [-0.25, -0.2) is 9.18 Å². The highest BCUT2D eigenvalue weighted by atomic mass is 79.9. The molecule has 0 aliphatic carbocycles. The molecule has 5 nitrogen and oxygen atoms in total. The molecule has 0 aliphatic heterocycles. The van der Waals surface area contributed by atoms with E-state index in [0.717, 1.165) is 12.1 Å². The summed E-state index contributed by atoms with van der Waals surface area (Å²) >= 11 is 3.03. The van der Waals surface area contributed by atoms with Crippen molar-refractivity contribution >= 4 is 33.5 Å². The fourth-order valence-electron chi connectivity index (χ4n) is 1.08. The molecule has 0 saturated heterocycles. The standard InChI is InChI=1S/C11H12BrFN2O3/c1-5(10(15)16)4-18-11(17)6-2-9(14)8(13)3-7(6)12/h2-3,5H,4,14H2,1H3,(H2,15,16). The topological polar surface area (TPSA) is 95.4 Å². The SMILES string of the molecule is CC(COC(=O)c1cc(N)c(F)cc1Br)C(N)=O. The van der Waals surface area contributed by atoms with E-state index in [2.05, 4.69) is 15.9 Å². The van der Waals surface area contributed by atoms with Crippen LogP contribution in [0.5, 0.6) is 0 Å². The lowest BCUT2D eigenvalue weighted by atomic mass is 10.2. The van der Waals surface area contributed by atoms with E-state index in [-0.39, 0.29) is 22.3 Å². The molecule has 1 aromatic carbocycles. The molecule has 1 rings (SSSR count). The third-order valence-electron chi connectivity index (χ3n) is 2.26. The van der Waals surface area contributed by atoms with Gasteiger partial charge in [0.05, 0.1) is 17.2 Å². The number of hydrogen-bond donors (Lipinski definition) is 2. The molecule has 0 aromatic heterocycles. The third-order valence-corrected chi connectivity index (χ3v) is 2.91. The minimum absolute atomic E-state index is 0.0885. The third kappa shape index (κ3) is 3.43. The van der Waals surface area contributed by atoms with E-state index in [0.29, 0.717) is 0 Å². The first kappa shape index (κ1) is 14.4. The Bertz CT molecular complexity index is 493. The van der Waals surface area contributed by atoms with Gasteiger partial charge in [-0.15, -0.1) is 0 Å². The summed E-state index contributed by atoms with van der Waals surface area (Å²) < 4.78 is 18.2. The van der Waals surface area contributed by atoms with Crippen LogP contribution in [0.15, 0.2) is 16.6 Å². The lowest BCUT2D eigenvalue weighted by Crippen LogP contribution is -2.26. The summed E-state index contributed by atoms with van der Waals surface area (Å²) in [6.45, 7) is 1.39.